The van der Waals surface area contributed by atoms with E-state index in [1.165, 1.54) is 0 Å². The fraction of sp³-hybridized carbons (Fsp3) is 1.00. The zero-order chi connectivity index (χ0) is 11.2. The predicted octanol–water partition coefficient (Wildman–Crippen LogP) is 2.87. The van der Waals surface area contributed by atoms with Crippen LogP contribution < -0.4 is 0 Å². The molecule has 2 nitrogen and oxygen atoms in total. The highest BCUT2D eigenvalue weighted by molar-refractivity contribution is 4.79. The average molecular weight is 202 g/mol. The maximum atomic E-state index is 9.93. The van der Waals surface area contributed by atoms with E-state index < -0.39 is 11.2 Å². The van der Waals surface area contributed by atoms with Gasteiger partial charge in [-0.05, 0) is 39.5 Å². The molecule has 0 heterocycles. The van der Waals surface area contributed by atoms with Crippen molar-refractivity contribution in [2.45, 2.75) is 77.4 Å². The van der Waals surface area contributed by atoms with Crippen molar-refractivity contribution in [2.24, 2.45) is 0 Å². The third-order valence-electron chi connectivity index (χ3n) is 2.78. The third kappa shape index (κ3) is 6.39. The summed E-state index contributed by atoms with van der Waals surface area (Å²) in [7, 11) is 0. The Labute approximate surface area is 88.3 Å². The summed E-state index contributed by atoms with van der Waals surface area (Å²) in [5.41, 5.74) is -1.21. The molecule has 0 aromatic rings. The van der Waals surface area contributed by atoms with Crippen LogP contribution in [0, 0.1) is 0 Å². The summed E-state index contributed by atoms with van der Waals surface area (Å²) in [6, 6.07) is 0. The topological polar surface area (TPSA) is 40.5 Å². The Bertz CT molecular complexity index is 132. The lowest BCUT2D eigenvalue weighted by atomic mass is 9.87. The summed E-state index contributed by atoms with van der Waals surface area (Å²) < 4.78 is 0. The van der Waals surface area contributed by atoms with Crippen LogP contribution >= 0.6 is 0 Å². The van der Waals surface area contributed by atoms with Gasteiger partial charge in [0, 0.05) is 0 Å². The minimum Gasteiger partial charge on any atom is -0.390 e. The molecule has 2 N–H and O–H groups in total. The Balaban J connectivity index is 3.90. The molecule has 0 aliphatic carbocycles. The minimum atomic E-state index is -0.605. The standard InChI is InChI=1S/C12H26O2/c1-5-7-11(3,13)9-10-12(4,14)8-6-2/h13-14H,5-10H2,1-4H3/t11-,12-/m0/s1. The molecule has 0 aliphatic heterocycles. The van der Waals surface area contributed by atoms with Crippen molar-refractivity contribution in [3.05, 3.63) is 0 Å². The van der Waals surface area contributed by atoms with Crippen molar-refractivity contribution in [3.8, 4) is 0 Å². The van der Waals surface area contributed by atoms with Crippen molar-refractivity contribution in [1.29, 1.82) is 0 Å². The van der Waals surface area contributed by atoms with Crippen molar-refractivity contribution in [2.75, 3.05) is 0 Å². The van der Waals surface area contributed by atoms with Crippen molar-refractivity contribution >= 4 is 0 Å². The summed E-state index contributed by atoms with van der Waals surface area (Å²) in [5.74, 6) is 0. The summed E-state index contributed by atoms with van der Waals surface area (Å²) in [6.45, 7) is 7.86. The molecular formula is C12H26O2. The van der Waals surface area contributed by atoms with E-state index in [4.69, 9.17) is 0 Å². The highest BCUT2D eigenvalue weighted by Crippen LogP contribution is 2.25. The summed E-state index contributed by atoms with van der Waals surface area (Å²) in [4.78, 5) is 0. The van der Waals surface area contributed by atoms with Gasteiger partial charge >= 0.3 is 0 Å². The summed E-state index contributed by atoms with van der Waals surface area (Å²) in [5, 5.41) is 19.9. The molecule has 2 atom stereocenters. The van der Waals surface area contributed by atoms with Gasteiger partial charge in [-0.2, -0.15) is 0 Å². The molecular weight excluding hydrogens is 176 g/mol. The van der Waals surface area contributed by atoms with Crippen LogP contribution in [0.2, 0.25) is 0 Å². The molecule has 0 spiro atoms. The van der Waals surface area contributed by atoms with Crippen LogP contribution in [0.4, 0.5) is 0 Å². The molecule has 0 aromatic heterocycles. The first-order valence-electron chi connectivity index (χ1n) is 5.78. The maximum Gasteiger partial charge on any atom is 0.0620 e. The van der Waals surface area contributed by atoms with Crippen LogP contribution in [0.3, 0.4) is 0 Å². The van der Waals surface area contributed by atoms with Gasteiger partial charge < -0.3 is 10.2 Å². The second kappa shape index (κ2) is 5.72. The number of rotatable bonds is 7. The molecule has 2 heteroatoms. The number of hydrogen-bond donors (Lipinski definition) is 2. The highest BCUT2D eigenvalue weighted by Gasteiger charge is 2.25. The van der Waals surface area contributed by atoms with E-state index in [2.05, 4.69) is 13.8 Å². The van der Waals surface area contributed by atoms with Crippen LogP contribution in [0.1, 0.15) is 66.2 Å². The molecule has 14 heavy (non-hydrogen) atoms. The first-order valence-corrected chi connectivity index (χ1v) is 5.78. The first-order chi connectivity index (χ1) is 6.33. The van der Waals surface area contributed by atoms with E-state index in [1.807, 2.05) is 13.8 Å². The molecule has 0 saturated heterocycles. The van der Waals surface area contributed by atoms with Crippen LogP contribution in [-0.2, 0) is 0 Å². The second-order valence-corrected chi connectivity index (χ2v) is 4.99. The Hall–Kier alpha value is -0.0800. The molecule has 0 bridgehead atoms. The van der Waals surface area contributed by atoms with Crippen LogP contribution in [0.25, 0.3) is 0 Å². The molecule has 0 unspecified atom stereocenters. The SMILES string of the molecule is CCC[C@](C)(O)CC[C@@](C)(O)CCC. The summed E-state index contributed by atoms with van der Waals surface area (Å²) in [6.07, 6.45) is 4.98. The Morgan fingerprint density at radius 2 is 1.00 bits per heavy atom. The molecule has 0 aromatic carbocycles. The van der Waals surface area contributed by atoms with Gasteiger partial charge in [-0.25, -0.2) is 0 Å². The molecule has 0 amide bonds. The largest absolute Gasteiger partial charge is 0.390 e. The third-order valence-corrected chi connectivity index (χ3v) is 2.78. The van der Waals surface area contributed by atoms with Gasteiger partial charge in [-0.1, -0.05) is 26.7 Å². The van der Waals surface area contributed by atoms with Crippen LogP contribution in [-0.4, -0.2) is 21.4 Å². The van der Waals surface area contributed by atoms with Gasteiger partial charge in [0.1, 0.15) is 0 Å². The monoisotopic (exact) mass is 202 g/mol. The van der Waals surface area contributed by atoms with E-state index in [1.54, 1.807) is 0 Å². The maximum absolute atomic E-state index is 9.93. The molecule has 0 aliphatic rings. The van der Waals surface area contributed by atoms with Gasteiger partial charge in [-0.3, -0.25) is 0 Å². The van der Waals surface area contributed by atoms with Crippen LogP contribution in [0.5, 0.6) is 0 Å². The lowest BCUT2D eigenvalue weighted by Crippen LogP contribution is -2.31. The van der Waals surface area contributed by atoms with Gasteiger partial charge in [0.05, 0.1) is 11.2 Å². The van der Waals surface area contributed by atoms with Crippen molar-refractivity contribution in [1.82, 2.24) is 0 Å². The minimum absolute atomic E-state index is 0.605. The Morgan fingerprint density at radius 1 is 0.714 bits per heavy atom. The van der Waals surface area contributed by atoms with Crippen molar-refractivity contribution in [3.63, 3.8) is 0 Å². The Kier molecular flexibility index (Phi) is 5.68. The molecule has 0 rings (SSSR count). The van der Waals surface area contributed by atoms with Gasteiger partial charge in [-0.15, -0.1) is 0 Å². The van der Waals surface area contributed by atoms with E-state index in [-0.39, 0.29) is 0 Å². The second-order valence-electron chi connectivity index (χ2n) is 4.99. The quantitative estimate of drug-likeness (QED) is 0.666. The number of hydrogen-bond acceptors (Lipinski definition) is 2. The van der Waals surface area contributed by atoms with Crippen molar-refractivity contribution < 1.29 is 10.2 Å². The highest BCUT2D eigenvalue weighted by atomic mass is 16.3. The van der Waals surface area contributed by atoms with E-state index in [0.717, 1.165) is 25.7 Å². The lowest BCUT2D eigenvalue weighted by Gasteiger charge is -2.29. The summed E-state index contributed by atoms with van der Waals surface area (Å²) >= 11 is 0. The zero-order valence-electron chi connectivity index (χ0n) is 10.1. The fourth-order valence-corrected chi connectivity index (χ4v) is 1.87. The fourth-order valence-electron chi connectivity index (χ4n) is 1.87. The molecule has 0 radical (unpaired) electrons. The van der Waals surface area contributed by atoms with Crippen LogP contribution in [0.15, 0.2) is 0 Å². The average Bonchev–Trinajstić information content (AvgIpc) is 2.01. The molecule has 0 saturated carbocycles. The normalized spacial score (nSPS) is 20.1. The Morgan fingerprint density at radius 3 is 1.21 bits per heavy atom. The van der Waals surface area contributed by atoms with E-state index in [9.17, 15) is 10.2 Å². The lowest BCUT2D eigenvalue weighted by molar-refractivity contribution is -0.0113. The molecule has 86 valence electrons. The van der Waals surface area contributed by atoms with Gasteiger partial charge in [0.2, 0.25) is 0 Å². The number of aliphatic hydroxyl groups is 2. The van der Waals surface area contributed by atoms with E-state index >= 15 is 0 Å². The zero-order valence-corrected chi connectivity index (χ0v) is 10.1. The van der Waals surface area contributed by atoms with Gasteiger partial charge in [0.25, 0.3) is 0 Å². The first kappa shape index (κ1) is 13.9. The molecule has 0 fully saturated rings. The van der Waals surface area contributed by atoms with Gasteiger partial charge in [0.15, 0.2) is 0 Å². The van der Waals surface area contributed by atoms with E-state index in [0.29, 0.717) is 12.8 Å². The smallest absolute Gasteiger partial charge is 0.0620 e. The predicted molar refractivity (Wildman–Crippen MR) is 60.3 cm³/mol.